The Hall–Kier alpha value is -0.830. The van der Waals surface area contributed by atoms with E-state index in [0.717, 1.165) is 28.6 Å². The molecule has 0 aliphatic rings. The van der Waals surface area contributed by atoms with Crippen LogP contribution in [0.5, 0.6) is 0 Å². The first kappa shape index (κ1) is 8.75. The van der Waals surface area contributed by atoms with Gasteiger partial charge in [0.25, 0.3) is 0 Å². The lowest BCUT2D eigenvalue weighted by Crippen LogP contribution is -1.79. The molecular weight excluding hydrogens is 228 g/mol. The number of aromatic nitrogens is 2. The number of alkyl halides is 1. The molecule has 1 aromatic heterocycles. The number of fused-ring (bicyclic) bond motifs is 1. The molecule has 0 saturated heterocycles. The molecule has 1 N–H and O–H groups in total. The van der Waals surface area contributed by atoms with Gasteiger partial charge < -0.3 is 4.98 Å². The molecule has 13 heavy (non-hydrogen) atoms. The molecule has 0 saturated carbocycles. The number of imidazole rings is 1. The number of nitrogens with one attached hydrogen (secondary N) is 1. The number of rotatable bonds is 2. The SMILES string of the molecule is CCc1nc2ccc(CBr)cc2[nH]1. The van der Waals surface area contributed by atoms with E-state index in [-0.39, 0.29) is 0 Å². The molecule has 0 fully saturated rings. The van der Waals surface area contributed by atoms with Crippen molar-refractivity contribution in [3.05, 3.63) is 29.6 Å². The quantitative estimate of drug-likeness (QED) is 0.801. The first-order valence-corrected chi connectivity index (χ1v) is 5.49. The summed E-state index contributed by atoms with van der Waals surface area (Å²) in [6.07, 6.45) is 0.957. The van der Waals surface area contributed by atoms with E-state index in [9.17, 15) is 0 Å². The fourth-order valence-corrected chi connectivity index (χ4v) is 1.71. The third kappa shape index (κ3) is 1.61. The van der Waals surface area contributed by atoms with Gasteiger partial charge in [0.15, 0.2) is 0 Å². The van der Waals surface area contributed by atoms with Crippen LogP contribution < -0.4 is 0 Å². The molecule has 1 aromatic carbocycles. The van der Waals surface area contributed by atoms with Crippen molar-refractivity contribution in [2.45, 2.75) is 18.7 Å². The number of benzene rings is 1. The molecule has 2 aromatic rings. The first-order valence-electron chi connectivity index (χ1n) is 4.37. The van der Waals surface area contributed by atoms with E-state index in [1.54, 1.807) is 0 Å². The van der Waals surface area contributed by atoms with Crippen LogP contribution in [0.2, 0.25) is 0 Å². The van der Waals surface area contributed by atoms with Gasteiger partial charge in [-0.2, -0.15) is 0 Å². The van der Waals surface area contributed by atoms with Crippen LogP contribution in [0.25, 0.3) is 11.0 Å². The minimum Gasteiger partial charge on any atom is -0.342 e. The Kier molecular flexibility index (Phi) is 2.36. The maximum atomic E-state index is 4.44. The van der Waals surface area contributed by atoms with Crippen molar-refractivity contribution < 1.29 is 0 Å². The van der Waals surface area contributed by atoms with Crippen molar-refractivity contribution in [3.8, 4) is 0 Å². The van der Waals surface area contributed by atoms with E-state index in [4.69, 9.17) is 0 Å². The normalized spacial score (nSPS) is 10.9. The third-order valence-electron chi connectivity index (χ3n) is 2.08. The average Bonchev–Trinajstić information content (AvgIpc) is 2.58. The molecule has 0 radical (unpaired) electrons. The van der Waals surface area contributed by atoms with Crippen LogP contribution in [0, 0.1) is 0 Å². The van der Waals surface area contributed by atoms with Gasteiger partial charge in [-0.05, 0) is 17.7 Å². The van der Waals surface area contributed by atoms with E-state index in [0.29, 0.717) is 0 Å². The summed E-state index contributed by atoms with van der Waals surface area (Å²) in [4.78, 5) is 7.72. The zero-order valence-electron chi connectivity index (χ0n) is 7.47. The van der Waals surface area contributed by atoms with Crippen LogP contribution in [-0.4, -0.2) is 9.97 Å². The summed E-state index contributed by atoms with van der Waals surface area (Å²) in [7, 11) is 0. The van der Waals surface area contributed by atoms with Crippen LogP contribution in [0.15, 0.2) is 18.2 Å². The van der Waals surface area contributed by atoms with Crippen LogP contribution in [0.4, 0.5) is 0 Å². The van der Waals surface area contributed by atoms with Gasteiger partial charge in [-0.3, -0.25) is 0 Å². The first-order chi connectivity index (χ1) is 6.33. The Bertz CT molecular complexity index is 418. The van der Waals surface area contributed by atoms with Gasteiger partial charge in [0.2, 0.25) is 0 Å². The summed E-state index contributed by atoms with van der Waals surface area (Å²) in [5, 5.41) is 0.892. The van der Waals surface area contributed by atoms with E-state index >= 15 is 0 Å². The molecule has 0 bridgehead atoms. The molecule has 3 heteroatoms. The van der Waals surface area contributed by atoms with E-state index in [1.807, 2.05) is 0 Å². The van der Waals surface area contributed by atoms with Gasteiger partial charge in [-0.1, -0.05) is 28.9 Å². The maximum absolute atomic E-state index is 4.44. The highest BCUT2D eigenvalue weighted by molar-refractivity contribution is 9.08. The summed E-state index contributed by atoms with van der Waals surface area (Å²) in [5.41, 5.74) is 3.47. The second kappa shape index (κ2) is 3.50. The van der Waals surface area contributed by atoms with Crippen molar-refractivity contribution in [1.29, 1.82) is 0 Å². The minimum atomic E-state index is 0.892. The number of aryl methyl sites for hydroxylation is 1. The van der Waals surface area contributed by atoms with Crippen molar-refractivity contribution in [2.24, 2.45) is 0 Å². The molecule has 0 unspecified atom stereocenters. The standard InChI is InChI=1S/C10H11BrN2/c1-2-10-12-8-4-3-7(6-11)5-9(8)13-10/h3-5H,2,6H2,1H3,(H,12,13). The van der Waals surface area contributed by atoms with E-state index in [2.05, 4.69) is 51.0 Å². The summed E-state index contributed by atoms with van der Waals surface area (Å²) >= 11 is 3.43. The second-order valence-corrected chi connectivity index (χ2v) is 3.58. The smallest absolute Gasteiger partial charge is 0.106 e. The van der Waals surface area contributed by atoms with Crippen molar-refractivity contribution in [2.75, 3.05) is 0 Å². The number of halogens is 1. The Balaban J connectivity index is 2.57. The highest BCUT2D eigenvalue weighted by Crippen LogP contribution is 2.15. The molecule has 0 spiro atoms. The van der Waals surface area contributed by atoms with Crippen LogP contribution in [-0.2, 0) is 11.8 Å². The van der Waals surface area contributed by atoms with Crippen molar-refractivity contribution in [1.82, 2.24) is 9.97 Å². The molecule has 2 nitrogen and oxygen atoms in total. The fraction of sp³-hybridized carbons (Fsp3) is 0.300. The van der Waals surface area contributed by atoms with Gasteiger partial charge in [0.1, 0.15) is 5.82 Å². The fourth-order valence-electron chi connectivity index (χ4n) is 1.36. The van der Waals surface area contributed by atoms with Crippen LogP contribution in [0.1, 0.15) is 18.3 Å². The lowest BCUT2D eigenvalue weighted by atomic mass is 10.2. The monoisotopic (exact) mass is 238 g/mol. The van der Waals surface area contributed by atoms with Gasteiger partial charge in [-0.15, -0.1) is 0 Å². The number of hydrogen-bond donors (Lipinski definition) is 1. The maximum Gasteiger partial charge on any atom is 0.106 e. The van der Waals surface area contributed by atoms with Gasteiger partial charge in [0.05, 0.1) is 11.0 Å². The Morgan fingerprint density at radius 3 is 3.00 bits per heavy atom. The Labute approximate surface area is 85.5 Å². The number of aromatic amines is 1. The van der Waals surface area contributed by atoms with Gasteiger partial charge >= 0.3 is 0 Å². The predicted octanol–water partition coefficient (Wildman–Crippen LogP) is 3.02. The van der Waals surface area contributed by atoms with Crippen molar-refractivity contribution >= 4 is 27.0 Å². The molecule has 0 atom stereocenters. The molecule has 0 aliphatic carbocycles. The molecule has 1 heterocycles. The molecule has 68 valence electrons. The topological polar surface area (TPSA) is 28.7 Å². The molecule has 0 amide bonds. The number of H-pyrrole nitrogens is 1. The molecule has 0 aliphatic heterocycles. The highest BCUT2D eigenvalue weighted by Gasteiger charge is 2.00. The summed E-state index contributed by atoms with van der Waals surface area (Å²) in [6.45, 7) is 2.10. The Morgan fingerprint density at radius 1 is 1.46 bits per heavy atom. The van der Waals surface area contributed by atoms with Gasteiger partial charge in [0, 0.05) is 11.8 Å². The van der Waals surface area contributed by atoms with Crippen LogP contribution >= 0.6 is 15.9 Å². The number of hydrogen-bond acceptors (Lipinski definition) is 1. The van der Waals surface area contributed by atoms with Gasteiger partial charge in [-0.25, -0.2) is 4.98 Å². The minimum absolute atomic E-state index is 0.892. The predicted molar refractivity (Wildman–Crippen MR) is 58.1 cm³/mol. The highest BCUT2D eigenvalue weighted by atomic mass is 79.9. The average molecular weight is 239 g/mol. The molecular formula is C10H11BrN2. The number of nitrogens with zero attached hydrogens (tertiary/aromatic N) is 1. The zero-order chi connectivity index (χ0) is 9.26. The zero-order valence-corrected chi connectivity index (χ0v) is 9.06. The summed E-state index contributed by atoms with van der Waals surface area (Å²) < 4.78 is 0. The molecule has 2 rings (SSSR count). The Morgan fingerprint density at radius 2 is 2.31 bits per heavy atom. The summed E-state index contributed by atoms with van der Waals surface area (Å²) in [6, 6.07) is 6.29. The summed E-state index contributed by atoms with van der Waals surface area (Å²) in [5.74, 6) is 1.06. The lowest BCUT2D eigenvalue weighted by molar-refractivity contribution is 1.00. The van der Waals surface area contributed by atoms with Crippen LogP contribution in [0.3, 0.4) is 0 Å². The lowest BCUT2D eigenvalue weighted by Gasteiger charge is -1.92. The van der Waals surface area contributed by atoms with Crippen molar-refractivity contribution in [3.63, 3.8) is 0 Å². The largest absolute Gasteiger partial charge is 0.342 e. The van der Waals surface area contributed by atoms with E-state index in [1.165, 1.54) is 5.56 Å². The van der Waals surface area contributed by atoms with E-state index < -0.39 is 0 Å². The second-order valence-electron chi connectivity index (χ2n) is 3.02. The third-order valence-corrected chi connectivity index (χ3v) is 2.73.